The molecule has 0 aliphatic carbocycles. The number of benzene rings is 1. The van der Waals surface area contributed by atoms with Crippen LogP contribution in [0, 0.1) is 0 Å². The Kier molecular flexibility index (Phi) is 6.47. The molecule has 0 fully saturated rings. The average molecular weight is 291 g/mol. The van der Waals surface area contributed by atoms with Gasteiger partial charge in [-0.1, -0.05) is 12.1 Å². The van der Waals surface area contributed by atoms with Crippen LogP contribution in [0.1, 0.15) is 15.9 Å². The second kappa shape index (κ2) is 7.86. The highest BCUT2D eigenvalue weighted by Crippen LogP contribution is 2.14. The van der Waals surface area contributed by atoms with Crippen molar-refractivity contribution in [2.75, 3.05) is 26.9 Å². The first-order valence-corrected chi connectivity index (χ1v) is 5.93. The minimum absolute atomic E-state index is 0.0226. The van der Waals surface area contributed by atoms with Crippen molar-refractivity contribution in [2.24, 2.45) is 0 Å². The molecule has 0 radical (unpaired) electrons. The molecule has 0 atom stereocenters. The van der Waals surface area contributed by atoms with E-state index >= 15 is 0 Å². The van der Waals surface area contributed by atoms with Crippen LogP contribution in [0.5, 0.6) is 0 Å². The maximum absolute atomic E-state index is 11.8. The molecule has 0 aromatic heterocycles. The summed E-state index contributed by atoms with van der Waals surface area (Å²) in [5, 5.41) is 2.47. The van der Waals surface area contributed by atoms with Gasteiger partial charge < -0.3 is 14.8 Å². The molecule has 0 aliphatic heterocycles. The number of halogens is 3. The summed E-state index contributed by atoms with van der Waals surface area (Å²) in [5.74, 6) is -0.357. The lowest BCUT2D eigenvalue weighted by Crippen LogP contribution is -2.28. The molecule has 0 spiro atoms. The summed E-state index contributed by atoms with van der Waals surface area (Å²) >= 11 is 0. The quantitative estimate of drug-likeness (QED) is 0.783. The Morgan fingerprint density at radius 3 is 2.45 bits per heavy atom. The van der Waals surface area contributed by atoms with E-state index in [2.05, 4.69) is 10.1 Å². The van der Waals surface area contributed by atoms with Gasteiger partial charge in [-0.3, -0.25) is 4.79 Å². The van der Waals surface area contributed by atoms with Gasteiger partial charge in [-0.05, 0) is 17.7 Å². The molecule has 1 aromatic rings. The second-order valence-corrected chi connectivity index (χ2v) is 4.05. The van der Waals surface area contributed by atoms with Crippen LogP contribution in [0.15, 0.2) is 24.3 Å². The molecule has 1 amide bonds. The number of hydrogen-bond acceptors (Lipinski definition) is 3. The molecule has 20 heavy (non-hydrogen) atoms. The Bertz CT molecular complexity index is 418. The molecular formula is C13H16F3NO3. The van der Waals surface area contributed by atoms with Gasteiger partial charge in [0.25, 0.3) is 5.91 Å². The molecular weight excluding hydrogens is 275 g/mol. The molecule has 1 rings (SSSR count). The van der Waals surface area contributed by atoms with Crippen molar-refractivity contribution in [2.45, 2.75) is 12.8 Å². The van der Waals surface area contributed by atoms with Gasteiger partial charge in [0.15, 0.2) is 0 Å². The van der Waals surface area contributed by atoms with E-state index in [4.69, 9.17) is 4.74 Å². The number of ether oxygens (including phenoxy) is 2. The van der Waals surface area contributed by atoms with Gasteiger partial charge in [0.05, 0.1) is 13.2 Å². The fraction of sp³-hybridized carbons (Fsp3) is 0.462. The molecule has 0 saturated carbocycles. The molecule has 0 aliphatic rings. The molecule has 4 nitrogen and oxygen atoms in total. The number of nitrogens with one attached hydrogen (secondary N) is 1. The summed E-state index contributed by atoms with van der Waals surface area (Å²) in [4.78, 5) is 11.7. The zero-order valence-electron chi connectivity index (χ0n) is 11.0. The lowest BCUT2D eigenvalue weighted by molar-refractivity contribution is -0.173. The van der Waals surface area contributed by atoms with E-state index in [1.807, 2.05) is 0 Å². The van der Waals surface area contributed by atoms with Crippen molar-refractivity contribution < 1.29 is 27.4 Å². The molecule has 1 aromatic carbocycles. The number of amides is 1. The van der Waals surface area contributed by atoms with Gasteiger partial charge in [-0.2, -0.15) is 13.2 Å². The van der Waals surface area contributed by atoms with E-state index in [1.165, 1.54) is 0 Å². The maximum atomic E-state index is 11.8. The number of hydrogen-bond donors (Lipinski definition) is 1. The Morgan fingerprint density at radius 2 is 1.90 bits per heavy atom. The van der Waals surface area contributed by atoms with Crippen LogP contribution in [-0.4, -0.2) is 39.0 Å². The van der Waals surface area contributed by atoms with Gasteiger partial charge in [-0.25, -0.2) is 0 Å². The molecule has 1 N–H and O–H groups in total. The topological polar surface area (TPSA) is 47.6 Å². The van der Waals surface area contributed by atoms with Crippen LogP contribution in [-0.2, 0) is 16.1 Å². The predicted octanol–water partition coefficient (Wildman–Crippen LogP) is 2.14. The van der Waals surface area contributed by atoms with E-state index < -0.39 is 12.8 Å². The van der Waals surface area contributed by atoms with E-state index in [1.54, 1.807) is 31.4 Å². The average Bonchev–Trinajstić information content (AvgIpc) is 2.38. The summed E-state index contributed by atoms with van der Waals surface area (Å²) in [6, 6.07) is 6.75. The monoisotopic (exact) mass is 291 g/mol. The second-order valence-electron chi connectivity index (χ2n) is 4.05. The Labute approximate surface area is 114 Å². The minimum Gasteiger partial charge on any atom is -0.380 e. The lowest BCUT2D eigenvalue weighted by Gasteiger charge is -2.09. The van der Waals surface area contributed by atoms with Crippen LogP contribution in [0.4, 0.5) is 13.2 Å². The summed E-state index contributed by atoms with van der Waals surface area (Å²) in [7, 11) is 1.57. The number of carbonyl (C=O) groups is 1. The highest BCUT2D eigenvalue weighted by atomic mass is 19.4. The SMILES string of the molecule is COCc1ccc(C(=O)NCCOCC(F)(F)F)cc1. The molecule has 112 valence electrons. The van der Waals surface area contributed by atoms with Crippen molar-refractivity contribution in [3.05, 3.63) is 35.4 Å². The zero-order chi connectivity index (χ0) is 15.0. The Balaban J connectivity index is 2.28. The normalized spacial score (nSPS) is 11.4. The highest BCUT2D eigenvalue weighted by molar-refractivity contribution is 5.94. The van der Waals surface area contributed by atoms with E-state index in [0.717, 1.165) is 5.56 Å². The number of rotatable bonds is 7. The van der Waals surface area contributed by atoms with E-state index in [-0.39, 0.29) is 19.1 Å². The highest BCUT2D eigenvalue weighted by Gasteiger charge is 2.27. The summed E-state index contributed by atoms with van der Waals surface area (Å²) < 4.78 is 44.7. The number of carbonyl (C=O) groups excluding carboxylic acids is 1. The number of methoxy groups -OCH3 is 1. The van der Waals surface area contributed by atoms with Crippen LogP contribution >= 0.6 is 0 Å². The van der Waals surface area contributed by atoms with Crippen molar-refractivity contribution >= 4 is 5.91 Å². The Hall–Kier alpha value is -1.60. The molecule has 0 unspecified atom stereocenters. The Morgan fingerprint density at radius 1 is 1.25 bits per heavy atom. The van der Waals surface area contributed by atoms with Crippen molar-refractivity contribution in [3.63, 3.8) is 0 Å². The first-order valence-electron chi connectivity index (χ1n) is 5.93. The van der Waals surface area contributed by atoms with Crippen molar-refractivity contribution in [1.82, 2.24) is 5.32 Å². The maximum Gasteiger partial charge on any atom is 0.411 e. The van der Waals surface area contributed by atoms with Gasteiger partial charge in [-0.15, -0.1) is 0 Å². The third-order valence-electron chi connectivity index (χ3n) is 2.32. The van der Waals surface area contributed by atoms with Gasteiger partial charge in [0.2, 0.25) is 0 Å². The summed E-state index contributed by atoms with van der Waals surface area (Å²) in [6.45, 7) is -1.02. The fourth-order valence-electron chi connectivity index (χ4n) is 1.45. The first-order chi connectivity index (χ1) is 9.42. The lowest BCUT2D eigenvalue weighted by atomic mass is 10.1. The van der Waals surface area contributed by atoms with Crippen LogP contribution in [0.2, 0.25) is 0 Å². The fourth-order valence-corrected chi connectivity index (χ4v) is 1.45. The standard InChI is InChI=1S/C13H16F3NO3/c1-19-8-10-2-4-11(5-3-10)12(18)17-6-7-20-9-13(14,15)16/h2-5H,6-9H2,1H3,(H,17,18). The van der Waals surface area contributed by atoms with Crippen molar-refractivity contribution in [1.29, 1.82) is 0 Å². The largest absolute Gasteiger partial charge is 0.411 e. The van der Waals surface area contributed by atoms with E-state index in [9.17, 15) is 18.0 Å². The van der Waals surface area contributed by atoms with Gasteiger partial charge >= 0.3 is 6.18 Å². The molecule has 0 saturated heterocycles. The number of alkyl halides is 3. The van der Waals surface area contributed by atoms with Crippen molar-refractivity contribution in [3.8, 4) is 0 Å². The van der Waals surface area contributed by atoms with E-state index in [0.29, 0.717) is 12.2 Å². The minimum atomic E-state index is -4.35. The predicted molar refractivity (Wildman–Crippen MR) is 66.4 cm³/mol. The smallest absolute Gasteiger partial charge is 0.380 e. The zero-order valence-corrected chi connectivity index (χ0v) is 11.0. The molecule has 0 bridgehead atoms. The molecule has 0 heterocycles. The molecule has 7 heteroatoms. The third-order valence-corrected chi connectivity index (χ3v) is 2.32. The van der Waals surface area contributed by atoms with Crippen LogP contribution in [0.3, 0.4) is 0 Å². The van der Waals surface area contributed by atoms with Gasteiger partial charge in [0, 0.05) is 19.2 Å². The van der Waals surface area contributed by atoms with Gasteiger partial charge in [0.1, 0.15) is 6.61 Å². The van der Waals surface area contributed by atoms with Crippen LogP contribution < -0.4 is 5.32 Å². The first kappa shape index (κ1) is 16.5. The summed E-state index contributed by atoms with van der Waals surface area (Å²) in [6.07, 6.45) is -4.35. The van der Waals surface area contributed by atoms with Crippen LogP contribution in [0.25, 0.3) is 0 Å². The third kappa shape index (κ3) is 6.53. The summed E-state index contributed by atoms with van der Waals surface area (Å²) in [5.41, 5.74) is 1.36.